The Morgan fingerprint density at radius 2 is 1.52 bits per heavy atom. The normalized spacial score (nSPS) is 48.1. The molecule has 0 spiro atoms. The third kappa shape index (κ3) is 5.61. The minimum atomic E-state index is -0.702. The monoisotopic (exact) mass is 698 g/mol. The fourth-order valence-corrected chi connectivity index (χ4v) is 12.8. The number of ether oxygens (including phenoxy) is 5. The van der Waals surface area contributed by atoms with Crippen LogP contribution in [0.4, 0.5) is 0 Å². The Balaban J connectivity index is 1.27. The van der Waals surface area contributed by atoms with Crippen LogP contribution >= 0.6 is 0 Å². The summed E-state index contributed by atoms with van der Waals surface area (Å²) >= 11 is 0. The Morgan fingerprint density at radius 3 is 2.16 bits per heavy atom. The second-order valence-electron chi connectivity index (χ2n) is 19.0. The molecule has 0 aromatic rings. The molecular formula is C41H62O9. The molecule has 4 saturated carbocycles. The first-order chi connectivity index (χ1) is 23.1. The van der Waals surface area contributed by atoms with Crippen molar-refractivity contribution in [1.29, 1.82) is 0 Å². The quantitative estimate of drug-likeness (QED) is 0.163. The number of hydrogen-bond acceptors (Lipinski definition) is 9. The largest absolute Gasteiger partial charge is 0.469 e. The molecule has 13 atom stereocenters. The molecule has 6 aliphatic rings. The van der Waals surface area contributed by atoms with Crippen LogP contribution in [0.25, 0.3) is 0 Å². The minimum absolute atomic E-state index is 0.0756. The topological polar surface area (TPSA) is 114 Å². The second-order valence-corrected chi connectivity index (χ2v) is 19.0. The maximum absolute atomic E-state index is 14.8. The van der Waals surface area contributed by atoms with Gasteiger partial charge in [0, 0.05) is 26.2 Å². The SMILES string of the molecule is COC(=O)[C@@]1(C)CC[C@]2(C)CC[C@]3(C)C(=CC(=O)[C@@H]4[C@@]5(C)CC[C@H](O[C@H]6C[C@H](OC(C)=O)[C@@H](OC(C)=O)[C@H](C)O6)C(C)(C)C5CC[C@]43C)[C@@H]2C1. The van der Waals surface area contributed by atoms with E-state index in [4.69, 9.17) is 23.7 Å². The molecule has 0 radical (unpaired) electrons. The zero-order valence-electron chi connectivity index (χ0n) is 32.4. The summed E-state index contributed by atoms with van der Waals surface area (Å²) in [4.78, 5) is 51.6. The highest BCUT2D eigenvalue weighted by Crippen LogP contribution is 2.75. The average Bonchev–Trinajstić information content (AvgIpc) is 3.01. The van der Waals surface area contributed by atoms with Crippen LogP contribution in [0.15, 0.2) is 11.6 Å². The van der Waals surface area contributed by atoms with E-state index in [9.17, 15) is 19.2 Å². The lowest BCUT2D eigenvalue weighted by molar-refractivity contribution is -0.293. The first-order valence-electron chi connectivity index (χ1n) is 19.1. The minimum Gasteiger partial charge on any atom is -0.469 e. The molecule has 280 valence electrons. The second kappa shape index (κ2) is 12.4. The molecule has 5 aliphatic carbocycles. The maximum atomic E-state index is 14.8. The van der Waals surface area contributed by atoms with Gasteiger partial charge in [0.2, 0.25) is 0 Å². The summed E-state index contributed by atoms with van der Waals surface area (Å²) in [7, 11) is 1.49. The van der Waals surface area contributed by atoms with Crippen LogP contribution in [0.2, 0.25) is 0 Å². The number of allylic oxidation sites excluding steroid dienone is 2. The maximum Gasteiger partial charge on any atom is 0.311 e. The van der Waals surface area contributed by atoms with Crippen LogP contribution in [-0.4, -0.2) is 61.5 Å². The number of fused-ring (bicyclic) bond motifs is 7. The van der Waals surface area contributed by atoms with Crippen LogP contribution in [0.1, 0.15) is 133 Å². The van der Waals surface area contributed by atoms with Gasteiger partial charge in [-0.15, -0.1) is 0 Å². The van der Waals surface area contributed by atoms with E-state index < -0.39 is 42.0 Å². The number of hydrogen-bond donors (Lipinski definition) is 0. The van der Waals surface area contributed by atoms with Crippen molar-refractivity contribution in [2.75, 3.05) is 7.11 Å². The molecule has 5 fully saturated rings. The molecule has 0 aromatic heterocycles. The third-order valence-electron chi connectivity index (χ3n) is 15.7. The van der Waals surface area contributed by atoms with Crippen molar-refractivity contribution in [3.8, 4) is 0 Å². The van der Waals surface area contributed by atoms with Gasteiger partial charge in [-0.05, 0) is 117 Å². The van der Waals surface area contributed by atoms with E-state index in [1.54, 1.807) is 0 Å². The summed E-state index contributed by atoms with van der Waals surface area (Å²) in [5.74, 6) is -0.431. The smallest absolute Gasteiger partial charge is 0.311 e. The fraction of sp³-hybridized carbons (Fsp3) is 0.854. The summed E-state index contributed by atoms with van der Waals surface area (Å²) in [6.07, 6.45) is 8.02. The lowest BCUT2D eigenvalue weighted by Crippen LogP contribution is -2.67. The molecule has 0 bridgehead atoms. The lowest BCUT2D eigenvalue weighted by atomic mass is 9.33. The van der Waals surface area contributed by atoms with E-state index in [0.717, 1.165) is 57.8 Å². The Labute approximate surface area is 299 Å². The molecular weight excluding hydrogens is 636 g/mol. The number of carbonyl (C=O) groups excluding carboxylic acids is 4. The van der Waals surface area contributed by atoms with E-state index in [2.05, 4.69) is 54.5 Å². The first-order valence-corrected chi connectivity index (χ1v) is 19.1. The third-order valence-corrected chi connectivity index (χ3v) is 15.7. The van der Waals surface area contributed by atoms with Gasteiger partial charge in [0.05, 0.1) is 24.7 Å². The van der Waals surface area contributed by atoms with Gasteiger partial charge < -0.3 is 23.7 Å². The van der Waals surface area contributed by atoms with Crippen molar-refractivity contribution in [1.82, 2.24) is 0 Å². The highest BCUT2D eigenvalue weighted by Gasteiger charge is 2.70. The predicted molar refractivity (Wildman–Crippen MR) is 186 cm³/mol. The van der Waals surface area contributed by atoms with Crippen LogP contribution in [-0.2, 0) is 42.9 Å². The van der Waals surface area contributed by atoms with Crippen molar-refractivity contribution < 1.29 is 42.9 Å². The summed E-state index contributed by atoms with van der Waals surface area (Å²) in [6, 6.07) is 0. The van der Waals surface area contributed by atoms with Gasteiger partial charge in [-0.25, -0.2) is 0 Å². The molecule has 0 N–H and O–H groups in total. The molecule has 9 heteroatoms. The highest BCUT2D eigenvalue weighted by atomic mass is 16.7. The summed E-state index contributed by atoms with van der Waals surface area (Å²) in [5, 5.41) is 0. The molecule has 1 saturated heterocycles. The van der Waals surface area contributed by atoms with Crippen molar-refractivity contribution in [2.45, 2.75) is 164 Å². The van der Waals surface area contributed by atoms with Crippen LogP contribution < -0.4 is 0 Å². The number of methoxy groups -OCH3 is 1. The average molecular weight is 699 g/mol. The van der Waals surface area contributed by atoms with Crippen molar-refractivity contribution in [3.05, 3.63) is 11.6 Å². The highest BCUT2D eigenvalue weighted by molar-refractivity contribution is 5.95. The van der Waals surface area contributed by atoms with Crippen molar-refractivity contribution in [2.24, 2.45) is 50.2 Å². The van der Waals surface area contributed by atoms with Gasteiger partial charge in [0.1, 0.15) is 6.10 Å². The molecule has 1 heterocycles. The van der Waals surface area contributed by atoms with Gasteiger partial charge in [0.25, 0.3) is 0 Å². The van der Waals surface area contributed by atoms with E-state index >= 15 is 0 Å². The van der Waals surface area contributed by atoms with Crippen LogP contribution in [0, 0.1) is 50.2 Å². The zero-order valence-corrected chi connectivity index (χ0v) is 32.4. The molecule has 50 heavy (non-hydrogen) atoms. The Bertz CT molecular complexity index is 1450. The number of ketones is 1. The van der Waals surface area contributed by atoms with Gasteiger partial charge in [-0.3, -0.25) is 19.2 Å². The molecule has 0 aromatic carbocycles. The molecule has 0 amide bonds. The fourth-order valence-electron chi connectivity index (χ4n) is 12.8. The van der Waals surface area contributed by atoms with Gasteiger partial charge >= 0.3 is 17.9 Å². The van der Waals surface area contributed by atoms with E-state index in [-0.39, 0.29) is 69.1 Å². The molecule has 6 rings (SSSR count). The van der Waals surface area contributed by atoms with E-state index in [0.29, 0.717) is 0 Å². The van der Waals surface area contributed by atoms with Crippen LogP contribution in [0.3, 0.4) is 0 Å². The van der Waals surface area contributed by atoms with Gasteiger partial charge in [-0.1, -0.05) is 47.1 Å². The van der Waals surface area contributed by atoms with Gasteiger partial charge in [-0.2, -0.15) is 0 Å². The van der Waals surface area contributed by atoms with E-state index in [1.165, 1.54) is 26.5 Å². The number of esters is 3. The van der Waals surface area contributed by atoms with Gasteiger partial charge in [0.15, 0.2) is 18.2 Å². The predicted octanol–water partition coefficient (Wildman–Crippen LogP) is 7.52. The molecule has 1 unspecified atom stereocenters. The van der Waals surface area contributed by atoms with Crippen LogP contribution in [0.5, 0.6) is 0 Å². The van der Waals surface area contributed by atoms with Crippen molar-refractivity contribution >= 4 is 23.7 Å². The number of rotatable bonds is 5. The Kier molecular flexibility index (Phi) is 9.31. The first kappa shape index (κ1) is 37.5. The summed E-state index contributed by atoms with van der Waals surface area (Å²) in [5.41, 5.74) is 0.0261. The number of carbonyl (C=O) groups is 4. The van der Waals surface area contributed by atoms with E-state index in [1.807, 2.05) is 6.92 Å². The standard InChI is InChI=1S/C41H62O9/c1-23-33(49-25(3)43)29(48-24(2)42)21-32(47-23)50-31-13-14-39(8)30(36(31,4)5)12-15-41(10)34(39)28(44)20-26-27-22-38(7,35(45)46-11)17-16-37(27,6)18-19-40(26,41)9/h20,23,27,29-34H,12-19,21-22H2,1-11H3/t23-,27-,29-,30?,31-,32-,33-,34+,37+,38-,39-,40+,41+/m0/s1. The Morgan fingerprint density at radius 1 is 0.860 bits per heavy atom. The molecule has 9 nitrogen and oxygen atoms in total. The molecule has 1 aliphatic heterocycles. The zero-order chi connectivity index (χ0) is 36.8. The lowest BCUT2D eigenvalue weighted by Gasteiger charge is -2.70. The summed E-state index contributed by atoms with van der Waals surface area (Å²) in [6.45, 7) is 20.8. The van der Waals surface area contributed by atoms with Crippen molar-refractivity contribution in [3.63, 3.8) is 0 Å². The summed E-state index contributed by atoms with van der Waals surface area (Å²) < 4.78 is 29.5. The Hall–Kier alpha value is -2.26.